The van der Waals surface area contributed by atoms with Crippen LogP contribution in [0.5, 0.6) is 0 Å². The van der Waals surface area contributed by atoms with Crippen LogP contribution in [0.1, 0.15) is 98.7 Å². The first-order valence-corrected chi connectivity index (χ1v) is 28.8. The minimum atomic E-state index is -3.62. The summed E-state index contributed by atoms with van der Waals surface area (Å²) in [5.41, 5.74) is 5.76. The fourth-order valence-corrected chi connectivity index (χ4v) is 10.1. The molecule has 0 aliphatic carbocycles. The maximum atomic E-state index is 14.0. The molecule has 2 saturated heterocycles. The van der Waals surface area contributed by atoms with Crippen LogP contribution in [0.4, 0.5) is 26.1 Å². The maximum absolute atomic E-state index is 14.0. The van der Waals surface area contributed by atoms with Gasteiger partial charge < -0.3 is 20.0 Å². The van der Waals surface area contributed by atoms with E-state index in [4.69, 9.17) is 35.8 Å². The lowest BCUT2D eigenvalue weighted by molar-refractivity contribution is -0.193. The van der Waals surface area contributed by atoms with E-state index in [0.29, 0.717) is 54.9 Å². The van der Waals surface area contributed by atoms with E-state index in [1.807, 2.05) is 20.0 Å². The van der Waals surface area contributed by atoms with E-state index in [0.717, 1.165) is 91.4 Å². The van der Waals surface area contributed by atoms with Crippen molar-refractivity contribution in [1.29, 1.82) is 0 Å². The predicted molar refractivity (Wildman–Crippen MR) is 286 cm³/mol. The number of anilines is 3. The van der Waals surface area contributed by atoms with E-state index >= 15 is 0 Å². The molecule has 17 nitrogen and oxygen atoms in total. The van der Waals surface area contributed by atoms with Crippen molar-refractivity contribution >= 4 is 60.9 Å². The fraction of sp³-hybridized carbons (Fsp3) is 0.577. The van der Waals surface area contributed by atoms with Crippen molar-refractivity contribution in [2.24, 2.45) is 11.8 Å². The lowest BCUT2D eigenvalue weighted by Crippen LogP contribution is -2.56. The van der Waals surface area contributed by atoms with Crippen LogP contribution >= 0.6 is 11.6 Å². The molecule has 74 heavy (non-hydrogen) atoms. The Labute approximate surface area is 443 Å². The zero-order valence-corrected chi connectivity index (χ0v) is 48.1. The molecule has 0 bridgehead atoms. The van der Waals surface area contributed by atoms with E-state index in [2.05, 4.69) is 116 Å². The van der Waals surface area contributed by atoms with Crippen LogP contribution in [0.2, 0.25) is 5.28 Å². The van der Waals surface area contributed by atoms with Crippen molar-refractivity contribution in [3.63, 3.8) is 0 Å². The number of aromatic nitrogens is 4. The number of hydrogen-bond donors (Lipinski definition) is 1. The molecule has 0 spiro atoms. The molecule has 2 atom stereocenters. The average molecular weight is 1090 g/mol. The highest BCUT2D eigenvalue weighted by atomic mass is 35.5. The van der Waals surface area contributed by atoms with Gasteiger partial charge in [-0.15, -0.1) is 0 Å². The zero-order chi connectivity index (χ0) is 56.7. The normalized spacial score (nSPS) is 15.5. The molecule has 22 heteroatoms. The number of nitrogens with zero attached hydrogens (tertiary/aromatic N) is 8. The van der Waals surface area contributed by atoms with Crippen LogP contribution in [0.25, 0.3) is 0 Å². The number of hydrogen-bond acceptors (Lipinski definition) is 17. The molecule has 0 radical (unpaired) electrons. The highest BCUT2D eigenvalue weighted by Crippen LogP contribution is 2.29. The minimum Gasteiger partial charge on any atom is -0.369 e. The summed E-state index contributed by atoms with van der Waals surface area (Å²) < 4.78 is 74.6. The summed E-state index contributed by atoms with van der Waals surface area (Å²) >= 11 is 5.55. The maximum Gasteiger partial charge on any atom is 0.373 e. The number of carbonyl (C=O) groups excluding carboxylic acids is 4. The Hall–Kier alpha value is -5.27. The molecule has 2 fully saturated rings. The van der Waals surface area contributed by atoms with Gasteiger partial charge >= 0.3 is 12.3 Å². The number of halogens is 3. The summed E-state index contributed by atoms with van der Waals surface area (Å²) in [5, 5.41) is 3.77. The molecular formula is C52H78ClF2N9O8S2. The van der Waals surface area contributed by atoms with Gasteiger partial charge in [-0.1, -0.05) is 48.5 Å². The molecule has 4 heterocycles. The minimum absolute atomic E-state index is 0.155. The molecule has 6 rings (SSSR count). The average Bonchev–Trinajstić information content (AvgIpc) is 3.32. The number of rotatable bonds is 12. The molecule has 4 aromatic rings. The smallest absolute Gasteiger partial charge is 0.369 e. The van der Waals surface area contributed by atoms with Crippen LogP contribution < -0.4 is 20.0 Å². The van der Waals surface area contributed by atoms with E-state index in [9.17, 15) is 25.6 Å². The molecule has 412 valence electrons. The van der Waals surface area contributed by atoms with E-state index in [-0.39, 0.29) is 28.1 Å². The first-order chi connectivity index (χ1) is 34.6. The monoisotopic (exact) mass is 1090 g/mol. The third-order valence-electron chi connectivity index (χ3n) is 12.4. The van der Waals surface area contributed by atoms with Gasteiger partial charge in [-0.2, -0.15) is 19.2 Å². The Balaban J connectivity index is 0.000000523. The van der Waals surface area contributed by atoms with Crippen molar-refractivity contribution < 1.29 is 44.8 Å². The Morgan fingerprint density at radius 2 is 1.14 bits per heavy atom. The van der Waals surface area contributed by atoms with Gasteiger partial charge in [0.05, 0.1) is 6.04 Å². The van der Waals surface area contributed by atoms with Gasteiger partial charge in [-0.25, -0.2) is 45.6 Å². The van der Waals surface area contributed by atoms with Gasteiger partial charge in [0.1, 0.15) is 21.4 Å². The second-order valence-corrected chi connectivity index (χ2v) is 23.2. The number of benzene rings is 2. The van der Waals surface area contributed by atoms with E-state index in [1.54, 1.807) is 18.3 Å². The predicted octanol–water partition coefficient (Wildman–Crippen LogP) is 7.86. The quantitative estimate of drug-likeness (QED) is 0.134. The molecule has 0 unspecified atom stereocenters. The number of nitrogens with one attached hydrogen (secondary N) is 1. The standard InChI is InChI=1S/C21H29FN4O2S.C14H21FN2O2S.C8H19N.C7H9ClN2.2CO2/c1-6-16-12-23-21(24-15(16)4)26-10-9-25(13-19(26)14(2)3)17-7-8-18(22)20(11-17)29(5,27)28;1-10(2)13-9-17(7-6-16-13)11-4-5-12(15)14(8-11)20(3,18)19;1-6-9(7(2)3)8(4)5;1-3-6-4-9-7(8)10-5(6)2;2*2-1-3/h7-8,11-12,14,19H,6,9-10,13H2,1-5H3;4-5,8,10,13,16H,6-7,9H2,1-3H3;7-8H,6H2,1-5H3;4H,3H2,1-2H3;;/t19-;13-;;;;/m00..../s1. The summed E-state index contributed by atoms with van der Waals surface area (Å²) in [7, 11) is -7.16. The Morgan fingerprint density at radius 3 is 1.50 bits per heavy atom. The highest BCUT2D eigenvalue weighted by molar-refractivity contribution is 7.91. The van der Waals surface area contributed by atoms with Gasteiger partial charge in [-0.05, 0) is 132 Å². The SMILES string of the molecule is CC(C)[C@@H]1CN(c2ccc(F)c(S(C)(=O)=O)c2)CCN1.CCN(C(C)C)C(C)C.CCc1cnc(Cl)nc1C.CCc1cnc(N2CCN(c3ccc(F)c(S(C)(=O)=O)c3)C[C@H]2C(C)C)nc1C.O=C=O.O=C=O. The lowest BCUT2D eigenvalue weighted by atomic mass is 9.99. The lowest BCUT2D eigenvalue weighted by Gasteiger charge is -2.44. The van der Waals surface area contributed by atoms with Gasteiger partial charge in [0.25, 0.3) is 0 Å². The molecule has 0 saturated carbocycles. The Morgan fingerprint density at radius 1 is 0.689 bits per heavy atom. The number of aryl methyl sites for hydroxylation is 4. The van der Waals surface area contributed by atoms with Crippen molar-refractivity contribution in [1.82, 2.24) is 30.2 Å². The van der Waals surface area contributed by atoms with Gasteiger partial charge in [0.2, 0.25) is 11.2 Å². The van der Waals surface area contributed by atoms with Crippen LogP contribution in [-0.2, 0) is 51.7 Å². The molecule has 2 aromatic carbocycles. The van der Waals surface area contributed by atoms with Crippen molar-refractivity contribution in [2.45, 2.75) is 137 Å². The van der Waals surface area contributed by atoms with Crippen molar-refractivity contribution in [2.75, 3.05) is 73.0 Å². The molecule has 2 aliphatic heterocycles. The molecule has 1 N–H and O–H groups in total. The Bertz CT molecular complexity index is 2650. The number of sulfone groups is 2. The zero-order valence-electron chi connectivity index (χ0n) is 45.7. The first kappa shape index (κ1) is 66.7. The largest absolute Gasteiger partial charge is 0.373 e. The van der Waals surface area contributed by atoms with E-state index in [1.165, 1.54) is 24.3 Å². The van der Waals surface area contributed by atoms with Crippen LogP contribution in [0.3, 0.4) is 0 Å². The molecule has 2 aliphatic rings. The summed E-state index contributed by atoms with van der Waals surface area (Å²) in [5.74, 6) is 0.158. The molecule has 2 aromatic heterocycles. The molecule has 0 amide bonds. The highest BCUT2D eigenvalue weighted by Gasteiger charge is 2.32. The second-order valence-electron chi connectivity index (χ2n) is 18.9. The van der Waals surface area contributed by atoms with Crippen LogP contribution in [0, 0.1) is 37.3 Å². The Kier molecular flexibility index (Phi) is 29.1. The van der Waals surface area contributed by atoms with Crippen molar-refractivity contribution in [3.05, 3.63) is 88.2 Å². The van der Waals surface area contributed by atoms with Gasteiger partial charge in [0.15, 0.2) is 19.7 Å². The number of piperazine rings is 2. The second kappa shape index (κ2) is 32.2. The van der Waals surface area contributed by atoms with Crippen LogP contribution in [0.15, 0.2) is 58.6 Å². The fourth-order valence-electron chi connectivity index (χ4n) is 8.37. The summed E-state index contributed by atoms with van der Waals surface area (Å²) in [4.78, 5) is 58.1. The van der Waals surface area contributed by atoms with Gasteiger partial charge in [0, 0.05) is 105 Å². The third kappa shape index (κ3) is 21.5. The van der Waals surface area contributed by atoms with Crippen molar-refractivity contribution in [3.8, 4) is 0 Å². The van der Waals surface area contributed by atoms with Crippen LogP contribution in [-0.4, -0.2) is 136 Å². The third-order valence-corrected chi connectivity index (χ3v) is 14.8. The summed E-state index contributed by atoms with van der Waals surface area (Å²) in [6, 6.07) is 10.5. The summed E-state index contributed by atoms with van der Waals surface area (Å²) in [6.07, 6.45) is 8.10. The topological polar surface area (TPSA) is 213 Å². The summed E-state index contributed by atoms with van der Waals surface area (Å²) in [6.45, 7) is 33.5. The van der Waals surface area contributed by atoms with E-state index < -0.39 is 31.3 Å². The first-order valence-electron chi connectivity index (χ1n) is 24.6. The molecular weight excluding hydrogens is 1020 g/mol. The van der Waals surface area contributed by atoms with Gasteiger partial charge in [-0.3, -0.25) is 4.90 Å².